The number of alkyl halides is 1. The van der Waals surface area contributed by atoms with E-state index in [2.05, 4.69) is 0 Å². The lowest BCUT2D eigenvalue weighted by Gasteiger charge is -2.26. The Bertz CT molecular complexity index is 593. The Morgan fingerprint density at radius 1 is 1.33 bits per heavy atom. The van der Waals surface area contributed by atoms with Crippen molar-refractivity contribution >= 4 is 56.6 Å². The van der Waals surface area contributed by atoms with E-state index in [1.165, 1.54) is 10.4 Å². The van der Waals surface area contributed by atoms with Gasteiger partial charge in [0.05, 0.1) is 5.02 Å². The van der Waals surface area contributed by atoms with Gasteiger partial charge in [0.2, 0.25) is 10.0 Å². The summed E-state index contributed by atoms with van der Waals surface area (Å²) < 4.78 is 26.9. The van der Waals surface area contributed by atoms with Gasteiger partial charge < -0.3 is 0 Å². The molecule has 1 aromatic carbocycles. The molecular formula is C13H18Cl3NO2S2. The van der Waals surface area contributed by atoms with Crippen LogP contribution in [0.15, 0.2) is 17.0 Å². The van der Waals surface area contributed by atoms with E-state index < -0.39 is 10.0 Å². The van der Waals surface area contributed by atoms with Crippen LogP contribution < -0.4 is 0 Å². The second-order valence-electron chi connectivity index (χ2n) is 4.55. The molecule has 1 aromatic rings. The van der Waals surface area contributed by atoms with Crippen LogP contribution in [0.4, 0.5) is 0 Å². The number of nitrogens with zero attached hydrogens (tertiary/aromatic N) is 1. The maximum atomic E-state index is 12.8. The van der Waals surface area contributed by atoms with Gasteiger partial charge in [0.15, 0.2) is 0 Å². The van der Waals surface area contributed by atoms with Gasteiger partial charge in [0, 0.05) is 29.7 Å². The van der Waals surface area contributed by atoms with Gasteiger partial charge in [-0.05, 0) is 30.4 Å². The van der Waals surface area contributed by atoms with Crippen molar-refractivity contribution in [1.29, 1.82) is 0 Å². The van der Waals surface area contributed by atoms with E-state index in [9.17, 15) is 8.42 Å². The van der Waals surface area contributed by atoms with Crippen molar-refractivity contribution in [2.75, 3.05) is 19.1 Å². The van der Waals surface area contributed by atoms with Crippen molar-refractivity contribution in [2.45, 2.75) is 30.2 Å². The molecule has 8 heteroatoms. The summed E-state index contributed by atoms with van der Waals surface area (Å²) in [6.45, 7) is 1.96. The first-order valence-electron chi connectivity index (χ1n) is 6.30. The second kappa shape index (κ2) is 8.27. The van der Waals surface area contributed by atoms with Crippen molar-refractivity contribution in [3.63, 3.8) is 0 Å². The molecule has 0 radical (unpaired) electrons. The number of rotatable bonds is 7. The van der Waals surface area contributed by atoms with E-state index >= 15 is 0 Å². The molecule has 0 saturated carbocycles. The monoisotopic (exact) mass is 389 g/mol. The highest BCUT2D eigenvalue weighted by Gasteiger charge is 2.29. The van der Waals surface area contributed by atoms with Gasteiger partial charge in [-0.25, -0.2) is 8.42 Å². The molecule has 0 N–H and O–H groups in total. The molecule has 1 atom stereocenters. The van der Waals surface area contributed by atoms with Crippen LogP contribution in [0.25, 0.3) is 0 Å². The molecule has 0 spiro atoms. The highest BCUT2D eigenvalue weighted by molar-refractivity contribution is 7.98. The number of thioether (sulfide) groups is 1. The third-order valence-corrected chi connectivity index (χ3v) is 6.94. The van der Waals surface area contributed by atoms with Crippen LogP contribution in [-0.2, 0) is 15.9 Å². The van der Waals surface area contributed by atoms with Gasteiger partial charge in [0.25, 0.3) is 0 Å². The average Bonchev–Trinajstić information content (AvgIpc) is 2.45. The van der Waals surface area contributed by atoms with Gasteiger partial charge >= 0.3 is 0 Å². The number of hydrogen-bond acceptors (Lipinski definition) is 3. The summed E-state index contributed by atoms with van der Waals surface area (Å²) in [7, 11) is -2.15. The van der Waals surface area contributed by atoms with E-state index in [1.807, 2.05) is 13.2 Å². The van der Waals surface area contributed by atoms with E-state index in [0.29, 0.717) is 16.3 Å². The first kappa shape index (κ1) is 19.4. The molecule has 0 aliphatic rings. The molecule has 0 saturated heterocycles. The van der Waals surface area contributed by atoms with Crippen molar-refractivity contribution < 1.29 is 8.42 Å². The van der Waals surface area contributed by atoms with Gasteiger partial charge in [-0.1, -0.05) is 30.1 Å². The molecule has 0 amide bonds. The predicted octanol–water partition coefficient (Wildman–Crippen LogP) is 4.49. The summed E-state index contributed by atoms with van der Waals surface area (Å²) in [5.74, 6) is 0.820. The van der Waals surface area contributed by atoms with Crippen molar-refractivity contribution in [1.82, 2.24) is 4.31 Å². The Kier molecular flexibility index (Phi) is 7.64. The minimum atomic E-state index is -3.71. The standard InChI is InChI=1S/C13H18Cl3NO2S2/c1-4-11(8-20-3)17(2)21(18,19)12-6-10(15)5-9(7-14)13(12)16/h5-6,11H,4,7-8H2,1-3H3. The quantitative estimate of drug-likeness (QED) is 0.643. The summed E-state index contributed by atoms with van der Waals surface area (Å²) in [5, 5.41) is 0.445. The molecule has 3 nitrogen and oxygen atoms in total. The zero-order valence-electron chi connectivity index (χ0n) is 12.1. The minimum absolute atomic E-state index is 0.00868. The van der Waals surface area contributed by atoms with Crippen LogP contribution in [0.5, 0.6) is 0 Å². The van der Waals surface area contributed by atoms with Crippen LogP contribution in [0, 0.1) is 0 Å². The van der Waals surface area contributed by atoms with Crippen LogP contribution in [0.1, 0.15) is 18.9 Å². The Balaban J connectivity index is 3.33. The van der Waals surface area contributed by atoms with Crippen LogP contribution in [-0.4, -0.2) is 37.8 Å². The van der Waals surface area contributed by atoms with Crippen molar-refractivity contribution in [3.05, 3.63) is 27.7 Å². The molecule has 1 rings (SSSR count). The molecule has 0 aliphatic carbocycles. The number of benzene rings is 1. The average molecular weight is 391 g/mol. The summed E-state index contributed by atoms with van der Waals surface area (Å²) in [4.78, 5) is 0.00868. The zero-order valence-corrected chi connectivity index (χ0v) is 16.0. The van der Waals surface area contributed by atoms with Crippen molar-refractivity contribution in [2.24, 2.45) is 0 Å². The molecular weight excluding hydrogens is 373 g/mol. The van der Waals surface area contributed by atoms with Crippen LogP contribution >= 0.6 is 46.6 Å². The first-order chi connectivity index (χ1) is 9.79. The minimum Gasteiger partial charge on any atom is -0.207 e. The fraction of sp³-hybridized carbons (Fsp3) is 0.538. The number of hydrogen-bond donors (Lipinski definition) is 0. The summed E-state index contributed by atoms with van der Waals surface area (Å²) in [6, 6.07) is 2.85. The smallest absolute Gasteiger partial charge is 0.207 e. The number of sulfonamides is 1. The lowest BCUT2D eigenvalue weighted by atomic mass is 10.2. The predicted molar refractivity (Wildman–Crippen MR) is 93.4 cm³/mol. The summed E-state index contributed by atoms with van der Waals surface area (Å²) >= 11 is 19.6. The molecule has 0 aliphatic heterocycles. The Morgan fingerprint density at radius 2 is 1.95 bits per heavy atom. The molecule has 1 unspecified atom stereocenters. The summed E-state index contributed by atoms with van der Waals surface area (Å²) in [6.07, 6.45) is 2.66. The normalized spacial score (nSPS) is 13.7. The highest BCUT2D eigenvalue weighted by atomic mass is 35.5. The van der Waals surface area contributed by atoms with Gasteiger partial charge in [0.1, 0.15) is 4.90 Å². The van der Waals surface area contributed by atoms with Crippen LogP contribution in [0.3, 0.4) is 0 Å². The van der Waals surface area contributed by atoms with E-state index in [0.717, 1.165) is 6.42 Å². The van der Waals surface area contributed by atoms with E-state index in [1.54, 1.807) is 24.9 Å². The zero-order chi connectivity index (χ0) is 16.2. The largest absolute Gasteiger partial charge is 0.244 e. The third-order valence-electron chi connectivity index (χ3n) is 3.22. The molecule has 0 aromatic heterocycles. The lowest BCUT2D eigenvalue weighted by molar-refractivity contribution is 0.385. The third kappa shape index (κ3) is 4.43. The fourth-order valence-corrected chi connectivity index (χ4v) is 5.48. The maximum Gasteiger partial charge on any atom is 0.244 e. The lowest BCUT2D eigenvalue weighted by Crippen LogP contribution is -2.38. The van der Waals surface area contributed by atoms with Gasteiger partial charge in [-0.15, -0.1) is 11.6 Å². The SMILES string of the molecule is CCC(CSC)N(C)S(=O)(=O)c1cc(Cl)cc(CCl)c1Cl. The van der Waals surface area contributed by atoms with Crippen LogP contribution in [0.2, 0.25) is 10.0 Å². The Labute approximate surface area is 146 Å². The first-order valence-corrected chi connectivity index (χ1v) is 10.4. The van der Waals surface area contributed by atoms with Gasteiger partial charge in [-0.3, -0.25) is 0 Å². The fourth-order valence-electron chi connectivity index (χ4n) is 1.93. The topological polar surface area (TPSA) is 37.4 Å². The number of halogens is 3. The summed E-state index contributed by atoms with van der Waals surface area (Å²) in [5.41, 5.74) is 0.510. The molecule has 0 bridgehead atoms. The molecule has 0 heterocycles. The maximum absolute atomic E-state index is 12.8. The second-order valence-corrected chi connectivity index (χ2v) is 8.51. The Hall–Kier alpha value is 0.350. The molecule has 0 fully saturated rings. The molecule has 21 heavy (non-hydrogen) atoms. The van der Waals surface area contributed by atoms with Crippen molar-refractivity contribution in [3.8, 4) is 0 Å². The Morgan fingerprint density at radius 3 is 2.43 bits per heavy atom. The van der Waals surface area contributed by atoms with E-state index in [-0.39, 0.29) is 21.8 Å². The molecule has 120 valence electrons. The van der Waals surface area contributed by atoms with E-state index in [4.69, 9.17) is 34.8 Å². The van der Waals surface area contributed by atoms with Gasteiger partial charge in [-0.2, -0.15) is 16.1 Å². The highest BCUT2D eigenvalue weighted by Crippen LogP contribution is 2.33.